The highest BCUT2D eigenvalue weighted by molar-refractivity contribution is 5.80. The summed E-state index contributed by atoms with van der Waals surface area (Å²) in [5, 5.41) is 10.6. The van der Waals surface area contributed by atoms with Crippen molar-refractivity contribution in [1.29, 1.82) is 0 Å². The van der Waals surface area contributed by atoms with Gasteiger partial charge in [0.2, 0.25) is 5.91 Å². The molecule has 0 saturated carbocycles. The summed E-state index contributed by atoms with van der Waals surface area (Å²) < 4.78 is 7.41. The molecule has 2 atom stereocenters. The van der Waals surface area contributed by atoms with E-state index in [0.29, 0.717) is 13.1 Å². The van der Waals surface area contributed by atoms with Gasteiger partial charge in [-0.25, -0.2) is 0 Å². The fourth-order valence-electron chi connectivity index (χ4n) is 2.03. The van der Waals surface area contributed by atoms with E-state index in [1.807, 2.05) is 11.5 Å². The lowest BCUT2D eigenvalue weighted by atomic mass is 10.2. The van der Waals surface area contributed by atoms with E-state index in [1.54, 1.807) is 6.33 Å². The van der Waals surface area contributed by atoms with Crippen LogP contribution in [0.15, 0.2) is 6.33 Å². The molecule has 0 bridgehead atoms. The second-order valence-corrected chi connectivity index (χ2v) is 4.31. The summed E-state index contributed by atoms with van der Waals surface area (Å²) in [6.07, 6.45) is 2.86. The fourth-order valence-corrected chi connectivity index (χ4v) is 2.03. The van der Waals surface area contributed by atoms with Gasteiger partial charge in [-0.15, -0.1) is 10.2 Å². The van der Waals surface area contributed by atoms with Crippen molar-refractivity contribution in [3.05, 3.63) is 12.2 Å². The number of nitrogens with one attached hydrogen (secondary N) is 1. The quantitative estimate of drug-likeness (QED) is 0.732. The molecule has 3 N–H and O–H groups in total. The van der Waals surface area contributed by atoms with Gasteiger partial charge in [0.15, 0.2) is 5.82 Å². The van der Waals surface area contributed by atoms with E-state index in [9.17, 15) is 4.79 Å². The van der Waals surface area contributed by atoms with E-state index in [0.717, 1.165) is 25.2 Å². The van der Waals surface area contributed by atoms with Gasteiger partial charge >= 0.3 is 0 Å². The molecular formula is C11H19N5O2. The minimum atomic E-state index is -0.378. The van der Waals surface area contributed by atoms with E-state index < -0.39 is 0 Å². The van der Waals surface area contributed by atoms with Crippen LogP contribution in [0.2, 0.25) is 0 Å². The van der Waals surface area contributed by atoms with Crippen molar-refractivity contribution in [3.63, 3.8) is 0 Å². The van der Waals surface area contributed by atoms with Gasteiger partial charge < -0.3 is 20.4 Å². The number of hydrogen-bond donors (Lipinski definition) is 2. The third kappa shape index (κ3) is 2.85. The highest BCUT2D eigenvalue weighted by Crippen LogP contribution is 2.18. The number of rotatable bonds is 5. The molecule has 1 aromatic rings. The zero-order valence-corrected chi connectivity index (χ0v) is 10.5. The maximum Gasteiger partial charge on any atom is 0.249 e. The van der Waals surface area contributed by atoms with Crippen molar-refractivity contribution >= 4 is 5.91 Å². The van der Waals surface area contributed by atoms with Gasteiger partial charge in [-0.2, -0.15) is 0 Å². The highest BCUT2D eigenvalue weighted by Gasteiger charge is 2.29. The molecule has 1 fully saturated rings. The van der Waals surface area contributed by atoms with E-state index in [-0.39, 0.29) is 18.1 Å². The molecule has 2 unspecified atom stereocenters. The van der Waals surface area contributed by atoms with Crippen molar-refractivity contribution in [2.24, 2.45) is 5.73 Å². The summed E-state index contributed by atoms with van der Waals surface area (Å²) in [7, 11) is 0. The number of nitrogens with two attached hydrogens (primary N) is 1. The van der Waals surface area contributed by atoms with E-state index in [4.69, 9.17) is 10.5 Å². The Morgan fingerprint density at radius 3 is 3.17 bits per heavy atom. The number of amides is 1. The zero-order chi connectivity index (χ0) is 13.0. The second-order valence-electron chi connectivity index (χ2n) is 4.31. The lowest BCUT2D eigenvalue weighted by Crippen LogP contribution is -2.35. The molecular weight excluding hydrogens is 234 g/mol. The predicted molar refractivity (Wildman–Crippen MR) is 64.5 cm³/mol. The normalized spacial score (nSPS) is 23.2. The summed E-state index contributed by atoms with van der Waals surface area (Å²) in [5.41, 5.74) is 5.51. The molecule has 1 aliphatic heterocycles. The van der Waals surface area contributed by atoms with Gasteiger partial charge in [-0.3, -0.25) is 4.79 Å². The number of carbonyl (C=O) groups excluding carboxylic acids is 1. The summed E-state index contributed by atoms with van der Waals surface area (Å²) in [6, 6.07) is 0. The summed E-state index contributed by atoms with van der Waals surface area (Å²) in [4.78, 5) is 11.9. The maximum absolute atomic E-state index is 11.9. The van der Waals surface area contributed by atoms with Crippen molar-refractivity contribution in [2.45, 2.75) is 45.1 Å². The Morgan fingerprint density at radius 1 is 1.67 bits per heavy atom. The number of carbonyl (C=O) groups is 1. The molecule has 1 saturated heterocycles. The van der Waals surface area contributed by atoms with Crippen LogP contribution in [0, 0.1) is 0 Å². The van der Waals surface area contributed by atoms with Crippen LogP contribution in [0.25, 0.3) is 0 Å². The molecule has 18 heavy (non-hydrogen) atoms. The molecule has 1 aromatic heterocycles. The van der Waals surface area contributed by atoms with Crippen LogP contribution in [0.1, 0.15) is 25.6 Å². The lowest BCUT2D eigenvalue weighted by molar-refractivity contribution is -0.132. The first-order valence-corrected chi connectivity index (χ1v) is 6.24. The first kappa shape index (κ1) is 13.0. The number of ether oxygens (including phenoxy) is 1. The van der Waals surface area contributed by atoms with Crippen LogP contribution in [-0.2, 0) is 22.6 Å². The van der Waals surface area contributed by atoms with Crippen molar-refractivity contribution < 1.29 is 9.53 Å². The molecule has 7 heteroatoms. The molecule has 0 radical (unpaired) electrons. The first-order valence-electron chi connectivity index (χ1n) is 6.24. The monoisotopic (exact) mass is 253 g/mol. The molecule has 7 nitrogen and oxygen atoms in total. The van der Waals surface area contributed by atoms with E-state index in [2.05, 4.69) is 15.5 Å². The summed E-state index contributed by atoms with van der Waals surface area (Å²) in [6.45, 7) is 3.63. The Kier molecular flexibility index (Phi) is 4.27. The second kappa shape index (κ2) is 5.92. The molecule has 100 valence electrons. The molecule has 1 aliphatic rings. The summed E-state index contributed by atoms with van der Waals surface area (Å²) >= 11 is 0. The number of hydrogen-bond acceptors (Lipinski definition) is 5. The number of nitrogens with zero attached hydrogens (tertiary/aromatic N) is 3. The van der Waals surface area contributed by atoms with Crippen LogP contribution >= 0.6 is 0 Å². The van der Waals surface area contributed by atoms with Crippen LogP contribution in [0.4, 0.5) is 0 Å². The van der Waals surface area contributed by atoms with Crippen LogP contribution < -0.4 is 11.1 Å². The summed E-state index contributed by atoms with van der Waals surface area (Å²) in [5.74, 6) is 0.649. The van der Waals surface area contributed by atoms with Gasteiger partial charge in [0.05, 0.1) is 12.6 Å². The van der Waals surface area contributed by atoms with E-state index in [1.165, 1.54) is 0 Å². The third-order valence-corrected chi connectivity index (χ3v) is 3.12. The Balaban J connectivity index is 1.82. The van der Waals surface area contributed by atoms with Crippen LogP contribution in [0.5, 0.6) is 0 Å². The van der Waals surface area contributed by atoms with Crippen LogP contribution in [-0.4, -0.2) is 39.4 Å². The standard InChI is InChI=1S/C11H19N5O2/c1-2-16-7-14-15-10(16)6-13-11(17)9-4-3-8(5-12)18-9/h7-9H,2-6,12H2,1H3,(H,13,17). The fraction of sp³-hybridized carbons (Fsp3) is 0.727. The minimum absolute atomic E-state index is 0.0139. The van der Waals surface area contributed by atoms with Crippen molar-refractivity contribution in [3.8, 4) is 0 Å². The van der Waals surface area contributed by atoms with Gasteiger partial charge in [-0.05, 0) is 19.8 Å². The molecule has 0 aromatic carbocycles. The molecule has 1 amide bonds. The highest BCUT2D eigenvalue weighted by atomic mass is 16.5. The topological polar surface area (TPSA) is 95.1 Å². The van der Waals surface area contributed by atoms with Gasteiger partial charge in [0.25, 0.3) is 0 Å². The molecule has 2 rings (SSSR count). The van der Waals surface area contributed by atoms with Crippen molar-refractivity contribution in [2.75, 3.05) is 6.54 Å². The van der Waals surface area contributed by atoms with E-state index >= 15 is 0 Å². The largest absolute Gasteiger partial charge is 0.364 e. The van der Waals surface area contributed by atoms with Gasteiger partial charge in [0, 0.05) is 13.1 Å². The predicted octanol–water partition coefficient (Wildman–Crippen LogP) is -0.579. The number of aryl methyl sites for hydroxylation is 1. The zero-order valence-electron chi connectivity index (χ0n) is 10.5. The average molecular weight is 253 g/mol. The Bertz CT molecular complexity index is 406. The lowest BCUT2D eigenvalue weighted by Gasteiger charge is -2.12. The number of aromatic nitrogens is 3. The minimum Gasteiger partial charge on any atom is -0.364 e. The Morgan fingerprint density at radius 2 is 2.50 bits per heavy atom. The third-order valence-electron chi connectivity index (χ3n) is 3.12. The van der Waals surface area contributed by atoms with Gasteiger partial charge in [0.1, 0.15) is 12.4 Å². The molecule has 2 heterocycles. The van der Waals surface area contributed by atoms with Crippen molar-refractivity contribution in [1.82, 2.24) is 20.1 Å². The van der Waals surface area contributed by atoms with Gasteiger partial charge in [-0.1, -0.05) is 0 Å². The smallest absolute Gasteiger partial charge is 0.249 e. The van der Waals surface area contributed by atoms with Crippen LogP contribution in [0.3, 0.4) is 0 Å². The Labute approximate surface area is 106 Å². The Hall–Kier alpha value is -1.47. The average Bonchev–Trinajstić information content (AvgIpc) is 3.04. The molecule has 0 aliphatic carbocycles. The maximum atomic E-state index is 11.9. The SMILES string of the molecule is CCn1cnnc1CNC(=O)C1CCC(CN)O1. The first-order chi connectivity index (χ1) is 8.74. The molecule has 0 spiro atoms.